The number of ether oxygens (including phenoxy) is 3. The van der Waals surface area contributed by atoms with E-state index in [2.05, 4.69) is 0 Å². The van der Waals surface area contributed by atoms with E-state index in [1.807, 2.05) is 6.92 Å². The number of esters is 1. The van der Waals surface area contributed by atoms with E-state index in [-0.39, 0.29) is 6.10 Å². The number of hydrogen-bond donors (Lipinski definition) is 2. The molecule has 0 aliphatic carbocycles. The Labute approximate surface area is 99.5 Å². The Balaban J connectivity index is 2.10. The minimum absolute atomic E-state index is 0.254. The molecule has 2 fully saturated rings. The second-order valence-electron chi connectivity index (χ2n) is 4.42. The molecule has 0 aromatic carbocycles. The highest BCUT2D eigenvalue weighted by Crippen LogP contribution is 2.36. The van der Waals surface area contributed by atoms with E-state index in [4.69, 9.17) is 14.2 Å². The summed E-state index contributed by atoms with van der Waals surface area (Å²) in [5.41, 5.74) is 0. The molecule has 2 N–H and O–H groups in total. The van der Waals surface area contributed by atoms with Gasteiger partial charge < -0.3 is 24.4 Å². The second kappa shape index (κ2) is 4.89. The van der Waals surface area contributed by atoms with Gasteiger partial charge in [0, 0.05) is 20.0 Å². The van der Waals surface area contributed by atoms with Gasteiger partial charge in [0.25, 0.3) is 0 Å². The van der Waals surface area contributed by atoms with E-state index < -0.39 is 36.5 Å². The van der Waals surface area contributed by atoms with Gasteiger partial charge in [-0.3, -0.25) is 4.79 Å². The third-order valence-corrected chi connectivity index (χ3v) is 3.24. The Morgan fingerprint density at radius 1 is 1.41 bits per heavy atom. The van der Waals surface area contributed by atoms with Crippen LogP contribution in [0, 0.1) is 0 Å². The molecule has 0 aromatic rings. The first-order chi connectivity index (χ1) is 8.04. The minimum atomic E-state index is -1.12. The Morgan fingerprint density at radius 3 is 2.71 bits per heavy atom. The predicted octanol–water partition coefficient (Wildman–Crippen LogP) is -0.784. The Morgan fingerprint density at radius 2 is 2.12 bits per heavy atom. The number of carbonyl (C=O) groups is 1. The molecule has 0 amide bonds. The van der Waals surface area contributed by atoms with Gasteiger partial charge in [0.1, 0.15) is 24.4 Å². The van der Waals surface area contributed by atoms with Crippen molar-refractivity contribution in [1.29, 1.82) is 0 Å². The van der Waals surface area contributed by atoms with Crippen LogP contribution in [0.1, 0.15) is 20.3 Å². The van der Waals surface area contributed by atoms with Gasteiger partial charge in [-0.2, -0.15) is 0 Å². The third kappa shape index (κ3) is 2.30. The molecule has 6 nitrogen and oxygen atoms in total. The molecule has 2 aliphatic rings. The summed E-state index contributed by atoms with van der Waals surface area (Å²) in [7, 11) is 0. The van der Waals surface area contributed by atoms with Gasteiger partial charge in [-0.05, 0) is 6.92 Å². The molecule has 0 unspecified atom stereocenters. The molecular formula is C11H18O6. The summed E-state index contributed by atoms with van der Waals surface area (Å²) < 4.78 is 16.0. The lowest BCUT2D eigenvalue weighted by Gasteiger charge is -2.36. The Bertz CT molecular complexity index is 294. The first kappa shape index (κ1) is 12.8. The van der Waals surface area contributed by atoms with Crippen LogP contribution in [0.25, 0.3) is 0 Å². The zero-order valence-corrected chi connectivity index (χ0v) is 9.91. The highest BCUT2D eigenvalue weighted by Gasteiger charge is 2.54. The van der Waals surface area contributed by atoms with Crippen molar-refractivity contribution in [3.8, 4) is 0 Å². The van der Waals surface area contributed by atoms with Gasteiger partial charge >= 0.3 is 5.97 Å². The molecule has 2 rings (SSSR count). The van der Waals surface area contributed by atoms with Crippen molar-refractivity contribution < 1.29 is 29.2 Å². The molecule has 0 aromatic heterocycles. The van der Waals surface area contributed by atoms with Crippen molar-refractivity contribution in [1.82, 2.24) is 0 Å². The van der Waals surface area contributed by atoms with Gasteiger partial charge in [-0.15, -0.1) is 0 Å². The topological polar surface area (TPSA) is 85.2 Å². The summed E-state index contributed by atoms with van der Waals surface area (Å²) in [4.78, 5) is 10.9. The summed E-state index contributed by atoms with van der Waals surface area (Å²) >= 11 is 0. The SMILES string of the molecule is CCO[C@@H]1C[C@H]2O[C@@H]1[C@H](O)[C@H](O)[C@H]2OC(C)=O. The van der Waals surface area contributed by atoms with Crippen LogP contribution in [0.15, 0.2) is 0 Å². The smallest absolute Gasteiger partial charge is 0.303 e. The van der Waals surface area contributed by atoms with E-state index in [1.165, 1.54) is 6.92 Å². The summed E-state index contributed by atoms with van der Waals surface area (Å²) in [6.07, 6.45) is -3.70. The monoisotopic (exact) mass is 246 g/mol. The third-order valence-electron chi connectivity index (χ3n) is 3.24. The van der Waals surface area contributed by atoms with Crippen molar-refractivity contribution in [2.75, 3.05) is 6.61 Å². The molecule has 2 aliphatic heterocycles. The maximum absolute atomic E-state index is 10.9. The van der Waals surface area contributed by atoms with E-state index in [1.54, 1.807) is 0 Å². The van der Waals surface area contributed by atoms with E-state index in [9.17, 15) is 15.0 Å². The van der Waals surface area contributed by atoms with E-state index in [0.29, 0.717) is 13.0 Å². The molecular weight excluding hydrogens is 228 g/mol. The van der Waals surface area contributed by atoms with Crippen LogP contribution in [0.4, 0.5) is 0 Å². The van der Waals surface area contributed by atoms with Crippen LogP contribution in [-0.2, 0) is 19.0 Å². The first-order valence-corrected chi connectivity index (χ1v) is 5.85. The molecule has 98 valence electrons. The Kier molecular flexibility index (Phi) is 3.67. The van der Waals surface area contributed by atoms with Crippen LogP contribution >= 0.6 is 0 Å². The fraction of sp³-hybridized carbons (Fsp3) is 0.909. The normalized spacial score (nSPS) is 44.7. The second-order valence-corrected chi connectivity index (χ2v) is 4.42. The van der Waals surface area contributed by atoms with Gasteiger partial charge in [-0.25, -0.2) is 0 Å². The average Bonchev–Trinajstić information content (AvgIpc) is 2.64. The number of carbonyl (C=O) groups excluding carboxylic acids is 1. The van der Waals surface area contributed by atoms with Crippen molar-refractivity contribution in [3.05, 3.63) is 0 Å². The van der Waals surface area contributed by atoms with Crippen LogP contribution in [0.2, 0.25) is 0 Å². The van der Waals surface area contributed by atoms with Crippen molar-refractivity contribution in [3.63, 3.8) is 0 Å². The van der Waals surface area contributed by atoms with Gasteiger partial charge in [0.05, 0.1) is 6.10 Å². The molecule has 2 saturated heterocycles. The summed E-state index contributed by atoms with van der Waals surface area (Å²) in [5.74, 6) is -0.497. The summed E-state index contributed by atoms with van der Waals surface area (Å²) in [5, 5.41) is 19.8. The average molecular weight is 246 g/mol. The minimum Gasteiger partial charge on any atom is -0.457 e. The molecule has 0 radical (unpaired) electrons. The van der Waals surface area contributed by atoms with E-state index >= 15 is 0 Å². The zero-order chi connectivity index (χ0) is 12.6. The van der Waals surface area contributed by atoms with Crippen LogP contribution in [0.5, 0.6) is 0 Å². The number of hydrogen-bond acceptors (Lipinski definition) is 6. The highest BCUT2D eigenvalue weighted by molar-refractivity contribution is 5.66. The maximum atomic E-state index is 10.9. The maximum Gasteiger partial charge on any atom is 0.303 e. The van der Waals surface area contributed by atoms with Crippen LogP contribution < -0.4 is 0 Å². The molecule has 0 saturated carbocycles. The van der Waals surface area contributed by atoms with Crippen LogP contribution in [0.3, 0.4) is 0 Å². The largest absolute Gasteiger partial charge is 0.457 e. The molecule has 6 heteroatoms. The number of rotatable bonds is 3. The molecule has 0 spiro atoms. The van der Waals surface area contributed by atoms with E-state index in [0.717, 1.165) is 0 Å². The summed E-state index contributed by atoms with van der Waals surface area (Å²) in [6, 6.07) is 0. The van der Waals surface area contributed by atoms with Gasteiger partial charge in [0.2, 0.25) is 0 Å². The number of aliphatic hydroxyl groups excluding tert-OH is 2. The molecule has 17 heavy (non-hydrogen) atoms. The summed E-state index contributed by atoms with van der Waals surface area (Å²) in [6.45, 7) is 3.63. The standard InChI is InChI=1S/C11H18O6/c1-3-15-6-4-7-11(16-5(2)12)9(14)8(13)10(6)17-7/h6-11,13-14H,3-4H2,1-2H3/t6-,7-,8-,9+,10+,11+/m1/s1. The lowest BCUT2D eigenvalue weighted by molar-refractivity contribution is -0.217. The van der Waals surface area contributed by atoms with Crippen molar-refractivity contribution in [2.24, 2.45) is 0 Å². The highest BCUT2D eigenvalue weighted by atomic mass is 16.6. The Hall–Kier alpha value is -0.690. The van der Waals surface area contributed by atoms with Crippen molar-refractivity contribution >= 4 is 5.97 Å². The lowest BCUT2D eigenvalue weighted by atomic mass is 10.0. The number of aliphatic hydroxyl groups is 2. The van der Waals surface area contributed by atoms with Crippen molar-refractivity contribution in [2.45, 2.75) is 56.9 Å². The zero-order valence-electron chi connectivity index (χ0n) is 9.91. The van der Waals surface area contributed by atoms with Crippen LogP contribution in [-0.4, -0.2) is 59.4 Å². The fourth-order valence-electron chi connectivity index (χ4n) is 2.54. The molecule has 2 bridgehead atoms. The predicted molar refractivity (Wildman–Crippen MR) is 56.3 cm³/mol. The van der Waals surface area contributed by atoms with Gasteiger partial charge in [0.15, 0.2) is 6.10 Å². The first-order valence-electron chi connectivity index (χ1n) is 5.85. The number of fused-ring (bicyclic) bond motifs is 2. The van der Waals surface area contributed by atoms with Gasteiger partial charge in [-0.1, -0.05) is 0 Å². The molecule has 2 heterocycles. The molecule has 6 atom stereocenters. The quantitative estimate of drug-likeness (QED) is 0.635. The lowest BCUT2D eigenvalue weighted by Crippen LogP contribution is -2.55. The fourth-order valence-corrected chi connectivity index (χ4v) is 2.54.